The zero-order valence-electron chi connectivity index (χ0n) is 17.0. The van der Waals surface area contributed by atoms with Crippen LogP contribution in [-0.4, -0.2) is 51.8 Å². The number of carbonyl (C=O) groups excluding carboxylic acids is 1. The fourth-order valence-corrected chi connectivity index (χ4v) is 4.40. The standard InChI is InChI=1S/C22H27NO6S/c1-18-7-5-6-10-21(18)30(25,26)29-16-15-27-20-11-13-23(14-12-20)22(24)28-17-19-8-3-2-4-9-19/h2-10,20H,11-17H2,1H3. The molecule has 0 unspecified atom stereocenters. The van der Waals surface area contributed by atoms with Crippen molar-refractivity contribution < 1.29 is 26.9 Å². The van der Waals surface area contributed by atoms with E-state index in [9.17, 15) is 13.2 Å². The van der Waals surface area contributed by atoms with E-state index < -0.39 is 10.1 Å². The zero-order chi connectivity index (χ0) is 21.4. The van der Waals surface area contributed by atoms with E-state index in [-0.39, 0.29) is 36.9 Å². The molecule has 2 aromatic rings. The normalized spacial score (nSPS) is 15.2. The lowest BCUT2D eigenvalue weighted by molar-refractivity contribution is -0.00511. The topological polar surface area (TPSA) is 82.1 Å². The van der Waals surface area contributed by atoms with Crippen LogP contribution in [0.3, 0.4) is 0 Å². The third kappa shape index (κ3) is 6.29. The van der Waals surface area contributed by atoms with Gasteiger partial charge in [-0.15, -0.1) is 0 Å². The minimum Gasteiger partial charge on any atom is -0.445 e. The first kappa shape index (κ1) is 22.3. The molecular weight excluding hydrogens is 406 g/mol. The third-order valence-corrected chi connectivity index (χ3v) is 6.42. The molecule has 1 amide bonds. The van der Waals surface area contributed by atoms with Gasteiger partial charge in [0.25, 0.3) is 10.1 Å². The van der Waals surface area contributed by atoms with Crippen LogP contribution < -0.4 is 0 Å². The van der Waals surface area contributed by atoms with E-state index in [2.05, 4.69) is 0 Å². The van der Waals surface area contributed by atoms with E-state index in [1.807, 2.05) is 30.3 Å². The molecule has 8 heteroatoms. The number of piperidine rings is 1. The van der Waals surface area contributed by atoms with Crippen LogP contribution in [0, 0.1) is 6.92 Å². The molecule has 0 N–H and O–H groups in total. The maximum atomic E-state index is 12.3. The van der Waals surface area contributed by atoms with Gasteiger partial charge in [0, 0.05) is 13.1 Å². The molecule has 7 nitrogen and oxygen atoms in total. The number of ether oxygens (including phenoxy) is 2. The van der Waals surface area contributed by atoms with Crippen molar-refractivity contribution in [2.45, 2.75) is 37.4 Å². The molecular formula is C22H27NO6S. The van der Waals surface area contributed by atoms with E-state index in [0.717, 1.165) is 5.56 Å². The average molecular weight is 434 g/mol. The summed E-state index contributed by atoms with van der Waals surface area (Å²) in [4.78, 5) is 14.0. The Morgan fingerprint density at radius 2 is 1.67 bits per heavy atom. The van der Waals surface area contributed by atoms with E-state index in [1.165, 1.54) is 6.07 Å². The van der Waals surface area contributed by atoms with Gasteiger partial charge in [0.1, 0.15) is 6.61 Å². The molecule has 1 aliphatic rings. The minimum atomic E-state index is -3.79. The second-order valence-corrected chi connectivity index (χ2v) is 8.72. The van der Waals surface area contributed by atoms with E-state index >= 15 is 0 Å². The number of hydrogen-bond donors (Lipinski definition) is 0. The van der Waals surface area contributed by atoms with Gasteiger partial charge in [-0.2, -0.15) is 8.42 Å². The largest absolute Gasteiger partial charge is 0.445 e. The van der Waals surface area contributed by atoms with Crippen molar-refractivity contribution in [3.8, 4) is 0 Å². The lowest BCUT2D eigenvalue weighted by Gasteiger charge is -2.31. The first-order valence-electron chi connectivity index (χ1n) is 9.98. The highest BCUT2D eigenvalue weighted by atomic mass is 32.2. The Morgan fingerprint density at radius 1 is 1.00 bits per heavy atom. The number of rotatable bonds is 8. The fourth-order valence-electron chi connectivity index (χ4n) is 3.27. The first-order chi connectivity index (χ1) is 14.5. The monoisotopic (exact) mass is 433 g/mol. The number of amides is 1. The van der Waals surface area contributed by atoms with E-state index in [4.69, 9.17) is 13.7 Å². The number of likely N-dealkylation sites (tertiary alicyclic amines) is 1. The fraction of sp³-hybridized carbons (Fsp3) is 0.409. The van der Waals surface area contributed by atoms with E-state index in [1.54, 1.807) is 30.0 Å². The number of nitrogens with zero attached hydrogens (tertiary/aromatic N) is 1. The highest BCUT2D eigenvalue weighted by molar-refractivity contribution is 7.86. The zero-order valence-corrected chi connectivity index (χ0v) is 17.8. The van der Waals surface area contributed by atoms with E-state index in [0.29, 0.717) is 31.5 Å². The van der Waals surface area contributed by atoms with Gasteiger partial charge >= 0.3 is 6.09 Å². The van der Waals surface area contributed by atoms with Gasteiger partial charge in [-0.3, -0.25) is 4.18 Å². The second-order valence-electron chi connectivity index (χ2n) is 7.14. The molecule has 162 valence electrons. The molecule has 0 saturated carbocycles. The van der Waals surface area contributed by atoms with Crippen molar-refractivity contribution in [2.24, 2.45) is 0 Å². The lowest BCUT2D eigenvalue weighted by atomic mass is 10.1. The molecule has 1 fully saturated rings. The van der Waals surface area contributed by atoms with Gasteiger partial charge in [-0.25, -0.2) is 4.79 Å². The average Bonchev–Trinajstić information content (AvgIpc) is 2.76. The van der Waals surface area contributed by atoms with Gasteiger partial charge in [-0.05, 0) is 37.0 Å². The predicted molar refractivity (Wildman–Crippen MR) is 111 cm³/mol. The summed E-state index contributed by atoms with van der Waals surface area (Å²) in [5, 5.41) is 0. The Hall–Kier alpha value is -2.42. The number of carbonyl (C=O) groups is 1. The van der Waals surface area contributed by atoms with Gasteiger partial charge in [0.2, 0.25) is 0 Å². The highest BCUT2D eigenvalue weighted by Gasteiger charge is 2.24. The van der Waals surface area contributed by atoms with Crippen LogP contribution in [0.25, 0.3) is 0 Å². The van der Waals surface area contributed by atoms with Crippen molar-refractivity contribution in [1.82, 2.24) is 4.90 Å². The number of hydrogen-bond acceptors (Lipinski definition) is 6. The molecule has 1 aliphatic heterocycles. The molecule has 1 heterocycles. The molecule has 30 heavy (non-hydrogen) atoms. The van der Waals surface area contributed by atoms with Crippen LogP contribution in [0.2, 0.25) is 0 Å². The minimum absolute atomic E-state index is 0.0343. The highest BCUT2D eigenvalue weighted by Crippen LogP contribution is 2.18. The summed E-state index contributed by atoms with van der Waals surface area (Å²) in [5.74, 6) is 0. The third-order valence-electron chi connectivity index (χ3n) is 4.94. The summed E-state index contributed by atoms with van der Waals surface area (Å²) in [6.45, 7) is 3.19. The summed E-state index contributed by atoms with van der Waals surface area (Å²) < 4.78 is 40.7. The molecule has 0 atom stereocenters. The first-order valence-corrected chi connectivity index (χ1v) is 11.4. The SMILES string of the molecule is Cc1ccccc1S(=O)(=O)OCCOC1CCN(C(=O)OCc2ccccc2)CC1. The Balaban J connectivity index is 1.34. The molecule has 2 aromatic carbocycles. The van der Waals surface area contributed by atoms with Crippen molar-refractivity contribution in [3.63, 3.8) is 0 Å². The summed E-state index contributed by atoms with van der Waals surface area (Å²) in [6.07, 6.45) is 0.980. The van der Waals surface area contributed by atoms with Crippen LogP contribution in [0.15, 0.2) is 59.5 Å². The van der Waals surface area contributed by atoms with Crippen molar-refractivity contribution in [2.75, 3.05) is 26.3 Å². The molecule has 0 bridgehead atoms. The Kier molecular flexibility index (Phi) is 7.84. The molecule has 0 spiro atoms. The molecule has 3 rings (SSSR count). The van der Waals surface area contributed by atoms with Crippen molar-refractivity contribution in [1.29, 1.82) is 0 Å². The maximum absolute atomic E-state index is 12.3. The molecule has 0 aromatic heterocycles. The number of benzene rings is 2. The van der Waals surface area contributed by atoms with Crippen molar-refractivity contribution >= 4 is 16.2 Å². The van der Waals surface area contributed by atoms with Crippen LogP contribution >= 0.6 is 0 Å². The van der Waals surface area contributed by atoms with Crippen LogP contribution in [0.5, 0.6) is 0 Å². The summed E-state index contributed by atoms with van der Waals surface area (Å²) in [5.41, 5.74) is 1.59. The van der Waals surface area contributed by atoms with Crippen molar-refractivity contribution in [3.05, 3.63) is 65.7 Å². The summed E-state index contributed by atoms with van der Waals surface area (Å²) in [7, 11) is -3.79. The quantitative estimate of drug-likeness (QED) is 0.468. The summed E-state index contributed by atoms with van der Waals surface area (Å²) >= 11 is 0. The molecule has 1 saturated heterocycles. The maximum Gasteiger partial charge on any atom is 0.410 e. The smallest absolute Gasteiger partial charge is 0.410 e. The summed E-state index contributed by atoms with van der Waals surface area (Å²) in [6, 6.07) is 16.2. The Labute approximate surface area is 177 Å². The molecule has 0 aliphatic carbocycles. The van der Waals surface area contributed by atoms with Gasteiger partial charge in [0.05, 0.1) is 24.2 Å². The van der Waals surface area contributed by atoms with Crippen LogP contribution in [0.4, 0.5) is 4.79 Å². The van der Waals surface area contributed by atoms with Crippen LogP contribution in [0.1, 0.15) is 24.0 Å². The predicted octanol–water partition coefficient (Wildman–Crippen LogP) is 3.52. The molecule has 0 radical (unpaired) electrons. The van der Waals surface area contributed by atoms with Gasteiger partial charge < -0.3 is 14.4 Å². The lowest BCUT2D eigenvalue weighted by Crippen LogP contribution is -2.41. The van der Waals surface area contributed by atoms with Gasteiger partial charge in [-0.1, -0.05) is 48.5 Å². The van der Waals surface area contributed by atoms with Crippen LogP contribution in [-0.2, 0) is 30.4 Å². The number of aryl methyl sites for hydroxylation is 1. The Morgan fingerprint density at radius 3 is 2.37 bits per heavy atom. The Bertz CT molecular complexity index is 924. The van der Waals surface area contributed by atoms with Gasteiger partial charge in [0.15, 0.2) is 0 Å². The second kappa shape index (κ2) is 10.6.